The Morgan fingerprint density at radius 3 is 2.32 bits per heavy atom. The molecule has 22 heavy (non-hydrogen) atoms. The lowest BCUT2D eigenvalue weighted by atomic mass is 9.96. The molecule has 0 saturated heterocycles. The summed E-state index contributed by atoms with van der Waals surface area (Å²) in [6.45, 7) is 0.378. The van der Waals surface area contributed by atoms with E-state index in [2.05, 4.69) is 6.07 Å². The molecule has 0 fully saturated rings. The molecule has 0 bridgehead atoms. The Morgan fingerprint density at radius 1 is 0.773 bits per heavy atom. The van der Waals surface area contributed by atoms with Gasteiger partial charge >= 0.3 is 0 Å². The second kappa shape index (κ2) is 8.57. The zero-order chi connectivity index (χ0) is 15.8. The number of aromatic hydroxyl groups is 1. The molecule has 3 heteroatoms. The number of unbranched alkanes of at least 4 members (excludes halogenated alkanes) is 1. The Morgan fingerprint density at radius 2 is 1.55 bits per heavy atom. The quantitative estimate of drug-likeness (QED) is 0.656. The van der Waals surface area contributed by atoms with Gasteiger partial charge in [0.1, 0.15) is 5.75 Å². The molecule has 0 aliphatic rings. The first kappa shape index (κ1) is 16.5. The van der Waals surface area contributed by atoms with Crippen LogP contribution in [0.2, 0.25) is 0 Å². The summed E-state index contributed by atoms with van der Waals surface area (Å²) in [4.78, 5) is 0. The van der Waals surface area contributed by atoms with Gasteiger partial charge in [0.05, 0.1) is 0 Å². The van der Waals surface area contributed by atoms with Crippen LogP contribution >= 0.6 is 0 Å². The number of hydrogen-bond acceptors (Lipinski definition) is 3. The normalized spacial score (nSPS) is 10.8. The summed E-state index contributed by atoms with van der Waals surface area (Å²) in [5.74, 6) is 0.333. The van der Waals surface area contributed by atoms with E-state index in [9.17, 15) is 5.11 Å². The van der Waals surface area contributed by atoms with Crippen LogP contribution in [-0.2, 0) is 12.8 Å². The Labute approximate surface area is 131 Å². The van der Waals surface area contributed by atoms with Crippen molar-refractivity contribution in [1.29, 1.82) is 0 Å². The predicted octanol–water partition coefficient (Wildman–Crippen LogP) is 3.30. The summed E-state index contributed by atoms with van der Waals surface area (Å²) >= 11 is 0. The summed E-state index contributed by atoms with van der Waals surface area (Å²) < 4.78 is 0. The third-order valence-electron chi connectivity index (χ3n) is 3.84. The van der Waals surface area contributed by atoms with Crippen molar-refractivity contribution >= 4 is 0 Å². The van der Waals surface area contributed by atoms with Gasteiger partial charge < -0.3 is 15.3 Å². The number of aliphatic hydroxyl groups is 2. The van der Waals surface area contributed by atoms with Crippen molar-refractivity contribution in [1.82, 2.24) is 0 Å². The fourth-order valence-corrected chi connectivity index (χ4v) is 2.63. The van der Waals surface area contributed by atoms with E-state index in [4.69, 9.17) is 10.2 Å². The maximum absolute atomic E-state index is 10.5. The molecule has 118 valence electrons. The lowest BCUT2D eigenvalue weighted by Gasteiger charge is -2.11. The van der Waals surface area contributed by atoms with E-state index in [-0.39, 0.29) is 13.2 Å². The minimum absolute atomic E-state index is 0.188. The van der Waals surface area contributed by atoms with Gasteiger partial charge in [-0.3, -0.25) is 0 Å². The fraction of sp³-hybridized carbons (Fsp3) is 0.368. The molecule has 0 heterocycles. The molecule has 0 aliphatic carbocycles. The number of phenolic OH excluding ortho intramolecular Hbond substituents is 1. The zero-order valence-corrected chi connectivity index (χ0v) is 12.8. The fourth-order valence-electron chi connectivity index (χ4n) is 2.63. The molecular weight excluding hydrogens is 276 g/mol. The lowest BCUT2D eigenvalue weighted by Crippen LogP contribution is -1.92. The van der Waals surface area contributed by atoms with Gasteiger partial charge in [0, 0.05) is 18.8 Å². The number of benzene rings is 2. The van der Waals surface area contributed by atoms with Crippen LogP contribution in [-0.4, -0.2) is 28.5 Å². The molecule has 3 nitrogen and oxygen atoms in total. The molecular formula is C19H24O3. The van der Waals surface area contributed by atoms with E-state index in [1.54, 1.807) is 0 Å². The third kappa shape index (κ3) is 4.33. The number of aliphatic hydroxyl groups excluding tert-OH is 2. The minimum Gasteiger partial charge on any atom is -0.507 e. The van der Waals surface area contributed by atoms with Crippen molar-refractivity contribution in [2.45, 2.75) is 32.1 Å². The first-order chi connectivity index (χ1) is 10.8. The van der Waals surface area contributed by atoms with Crippen molar-refractivity contribution in [3.63, 3.8) is 0 Å². The Bertz CT molecular complexity index is 593. The summed E-state index contributed by atoms with van der Waals surface area (Å²) in [5, 5.41) is 28.3. The molecule has 2 aromatic rings. The van der Waals surface area contributed by atoms with E-state index in [1.807, 2.05) is 36.4 Å². The van der Waals surface area contributed by atoms with E-state index < -0.39 is 0 Å². The Balaban J connectivity index is 2.22. The van der Waals surface area contributed by atoms with Gasteiger partial charge in [-0.1, -0.05) is 42.5 Å². The minimum atomic E-state index is 0.188. The molecule has 0 spiro atoms. The molecule has 0 aliphatic heterocycles. The molecule has 0 radical (unpaired) electrons. The van der Waals surface area contributed by atoms with Gasteiger partial charge in [0.25, 0.3) is 0 Å². The first-order valence-electron chi connectivity index (χ1n) is 7.88. The van der Waals surface area contributed by atoms with Gasteiger partial charge in [-0.2, -0.15) is 0 Å². The van der Waals surface area contributed by atoms with Crippen LogP contribution in [0.15, 0.2) is 42.5 Å². The number of phenols is 1. The average Bonchev–Trinajstić information content (AvgIpc) is 2.55. The van der Waals surface area contributed by atoms with Crippen LogP contribution in [0.4, 0.5) is 0 Å². The second-order valence-electron chi connectivity index (χ2n) is 5.52. The second-order valence-corrected chi connectivity index (χ2v) is 5.52. The van der Waals surface area contributed by atoms with Crippen LogP contribution in [0, 0.1) is 0 Å². The van der Waals surface area contributed by atoms with Crippen LogP contribution in [0.3, 0.4) is 0 Å². The predicted molar refractivity (Wildman–Crippen MR) is 89.0 cm³/mol. The maximum atomic E-state index is 10.5. The van der Waals surface area contributed by atoms with Crippen molar-refractivity contribution in [2.75, 3.05) is 13.2 Å². The Hall–Kier alpha value is -1.84. The van der Waals surface area contributed by atoms with Crippen LogP contribution in [0.1, 0.15) is 30.4 Å². The largest absolute Gasteiger partial charge is 0.507 e. The van der Waals surface area contributed by atoms with Gasteiger partial charge in [-0.05, 0) is 48.8 Å². The van der Waals surface area contributed by atoms with Gasteiger partial charge in [0.2, 0.25) is 0 Å². The average molecular weight is 300 g/mol. The highest BCUT2D eigenvalue weighted by molar-refractivity contribution is 5.72. The summed E-state index contributed by atoms with van der Waals surface area (Å²) in [7, 11) is 0. The van der Waals surface area contributed by atoms with Crippen molar-refractivity contribution < 1.29 is 15.3 Å². The highest BCUT2D eigenvalue weighted by atomic mass is 16.3. The SMILES string of the molecule is OCCCCc1cccc(-c2cccc(CCCO)c2)c1O. The summed E-state index contributed by atoms with van der Waals surface area (Å²) in [6, 6.07) is 13.9. The van der Waals surface area contributed by atoms with Gasteiger partial charge in [-0.15, -0.1) is 0 Å². The van der Waals surface area contributed by atoms with Crippen molar-refractivity contribution in [3.8, 4) is 16.9 Å². The van der Waals surface area contributed by atoms with Crippen LogP contribution in [0.5, 0.6) is 5.75 Å². The van der Waals surface area contributed by atoms with E-state index in [0.717, 1.165) is 54.4 Å². The lowest BCUT2D eigenvalue weighted by molar-refractivity contribution is 0.284. The molecule has 0 amide bonds. The highest BCUT2D eigenvalue weighted by Gasteiger charge is 2.09. The smallest absolute Gasteiger partial charge is 0.126 e. The van der Waals surface area contributed by atoms with Crippen LogP contribution in [0.25, 0.3) is 11.1 Å². The van der Waals surface area contributed by atoms with E-state index in [0.29, 0.717) is 5.75 Å². The number of hydrogen-bond donors (Lipinski definition) is 3. The molecule has 0 unspecified atom stereocenters. The molecule has 2 rings (SSSR count). The Kier molecular flexibility index (Phi) is 6.44. The summed E-state index contributed by atoms with van der Waals surface area (Å²) in [6.07, 6.45) is 3.97. The topological polar surface area (TPSA) is 60.7 Å². The van der Waals surface area contributed by atoms with E-state index >= 15 is 0 Å². The molecule has 0 aromatic heterocycles. The highest BCUT2D eigenvalue weighted by Crippen LogP contribution is 2.33. The van der Waals surface area contributed by atoms with E-state index in [1.165, 1.54) is 0 Å². The number of aryl methyl sites for hydroxylation is 2. The third-order valence-corrected chi connectivity index (χ3v) is 3.84. The van der Waals surface area contributed by atoms with Gasteiger partial charge in [-0.25, -0.2) is 0 Å². The molecule has 0 saturated carbocycles. The number of para-hydroxylation sites is 1. The van der Waals surface area contributed by atoms with Crippen molar-refractivity contribution in [2.24, 2.45) is 0 Å². The van der Waals surface area contributed by atoms with Crippen LogP contribution < -0.4 is 0 Å². The standard InChI is InChI=1S/C19H24O3/c20-12-2-1-8-16-9-4-11-18(19(16)22)17-10-3-6-15(14-17)7-5-13-21/h3-4,6,9-11,14,20-22H,1-2,5,7-8,12-13H2. The summed E-state index contributed by atoms with van der Waals surface area (Å²) in [5.41, 5.74) is 3.92. The molecule has 3 N–H and O–H groups in total. The maximum Gasteiger partial charge on any atom is 0.126 e. The first-order valence-corrected chi connectivity index (χ1v) is 7.88. The number of rotatable bonds is 8. The molecule has 2 aromatic carbocycles. The van der Waals surface area contributed by atoms with Gasteiger partial charge in [0.15, 0.2) is 0 Å². The zero-order valence-electron chi connectivity index (χ0n) is 12.8. The van der Waals surface area contributed by atoms with Crippen molar-refractivity contribution in [3.05, 3.63) is 53.6 Å². The molecule has 0 atom stereocenters. The monoisotopic (exact) mass is 300 g/mol.